The Morgan fingerprint density at radius 3 is 2.43 bits per heavy atom. The zero-order valence-electron chi connectivity index (χ0n) is 15.8. The summed E-state index contributed by atoms with van der Waals surface area (Å²) in [5.41, 5.74) is 2.79. The smallest absolute Gasteiger partial charge is 0.263 e. The van der Waals surface area contributed by atoms with Gasteiger partial charge < -0.3 is 4.90 Å². The van der Waals surface area contributed by atoms with Gasteiger partial charge in [0.15, 0.2) is 0 Å². The Hall–Kier alpha value is -2.54. The monoisotopic (exact) mass is 460 g/mol. The lowest BCUT2D eigenvalue weighted by atomic mass is 9.99. The highest BCUT2D eigenvalue weighted by Crippen LogP contribution is 2.29. The van der Waals surface area contributed by atoms with Crippen molar-refractivity contribution in [1.82, 2.24) is 4.90 Å². The van der Waals surface area contributed by atoms with Crippen molar-refractivity contribution in [3.05, 3.63) is 93.5 Å². The molecule has 1 N–H and O–H groups in total. The second-order valence-corrected chi connectivity index (χ2v) is 9.47. The molecule has 30 heavy (non-hydrogen) atoms. The van der Waals surface area contributed by atoms with Crippen molar-refractivity contribution in [2.45, 2.75) is 17.9 Å². The van der Waals surface area contributed by atoms with Crippen LogP contribution >= 0.6 is 23.2 Å². The van der Waals surface area contributed by atoms with E-state index in [-0.39, 0.29) is 32.1 Å². The molecule has 1 aliphatic rings. The molecule has 3 aromatic carbocycles. The minimum absolute atomic E-state index is 0.0448. The van der Waals surface area contributed by atoms with Gasteiger partial charge >= 0.3 is 0 Å². The molecule has 0 spiro atoms. The third-order valence-electron chi connectivity index (χ3n) is 5.00. The zero-order chi connectivity index (χ0) is 21.3. The van der Waals surface area contributed by atoms with Crippen LogP contribution in [0.2, 0.25) is 10.0 Å². The fourth-order valence-corrected chi connectivity index (χ4v) is 5.32. The summed E-state index contributed by atoms with van der Waals surface area (Å²) in [7, 11) is -4.04. The van der Waals surface area contributed by atoms with Crippen molar-refractivity contribution in [2.24, 2.45) is 0 Å². The van der Waals surface area contributed by atoms with E-state index in [0.717, 1.165) is 12.0 Å². The van der Waals surface area contributed by atoms with Crippen LogP contribution in [0, 0.1) is 0 Å². The van der Waals surface area contributed by atoms with Crippen LogP contribution in [0.1, 0.15) is 21.5 Å². The molecule has 4 rings (SSSR count). The van der Waals surface area contributed by atoms with Crippen molar-refractivity contribution in [3.8, 4) is 0 Å². The van der Waals surface area contributed by atoms with E-state index in [2.05, 4.69) is 10.8 Å². The number of rotatable bonds is 4. The molecule has 5 nitrogen and oxygen atoms in total. The van der Waals surface area contributed by atoms with Crippen LogP contribution in [-0.4, -0.2) is 25.8 Å². The van der Waals surface area contributed by atoms with E-state index in [9.17, 15) is 13.2 Å². The summed E-state index contributed by atoms with van der Waals surface area (Å²) in [4.78, 5) is 14.8. The summed E-state index contributed by atoms with van der Waals surface area (Å²) >= 11 is 12.0. The Balaban J connectivity index is 1.63. The first-order valence-electron chi connectivity index (χ1n) is 9.28. The fourth-order valence-electron chi connectivity index (χ4n) is 3.48. The Kier molecular flexibility index (Phi) is 5.73. The molecule has 0 fully saturated rings. The number of para-hydroxylation sites is 1. The average Bonchev–Trinajstić information content (AvgIpc) is 2.74. The maximum atomic E-state index is 13.2. The Labute approximate surface area is 185 Å². The fraction of sp³-hybridized carbons (Fsp3) is 0.136. The minimum atomic E-state index is -4.04. The first kappa shape index (κ1) is 20.7. The van der Waals surface area contributed by atoms with Crippen LogP contribution in [0.4, 0.5) is 5.69 Å². The Morgan fingerprint density at radius 1 is 0.933 bits per heavy atom. The number of anilines is 1. The van der Waals surface area contributed by atoms with Gasteiger partial charge in [-0.05, 0) is 47.9 Å². The molecular formula is C22H18Cl2N2O3S. The second kappa shape index (κ2) is 8.30. The highest BCUT2D eigenvalue weighted by Gasteiger charge is 2.26. The number of amides is 1. The van der Waals surface area contributed by atoms with Crippen LogP contribution in [0.5, 0.6) is 0 Å². The number of benzene rings is 3. The van der Waals surface area contributed by atoms with E-state index in [1.54, 1.807) is 29.2 Å². The van der Waals surface area contributed by atoms with Crippen molar-refractivity contribution < 1.29 is 13.2 Å². The van der Waals surface area contributed by atoms with Gasteiger partial charge in [-0.3, -0.25) is 9.52 Å². The Bertz CT molecular complexity index is 1230. The molecule has 1 amide bonds. The number of halogens is 2. The summed E-state index contributed by atoms with van der Waals surface area (Å²) in [5, 5.41) is 0.291. The van der Waals surface area contributed by atoms with Crippen molar-refractivity contribution >= 4 is 44.8 Å². The predicted molar refractivity (Wildman–Crippen MR) is 119 cm³/mol. The van der Waals surface area contributed by atoms with E-state index in [4.69, 9.17) is 23.2 Å². The summed E-state index contributed by atoms with van der Waals surface area (Å²) in [6.07, 6.45) is 0.758. The molecular weight excluding hydrogens is 443 g/mol. The summed E-state index contributed by atoms with van der Waals surface area (Å²) in [6, 6.07) is 18.7. The van der Waals surface area contributed by atoms with Crippen molar-refractivity contribution in [1.29, 1.82) is 0 Å². The maximum Gasteiger partial charge on any atom is 0.263 e. The number of fused-ring (bicyclic) bond motifs is 1. The molecule has 154 valence electrons. The van der Waals surface area contributed by atoms with Crippen LogP contribution in [0.25, 0.3) is 0 Å². The van der Waals surface area contributed by atoms with E-state index >= 15 is 0 Å². The molecule has 0 saturated heterocycles. The van der Waals surface area contributed by atoms with Crippen molar-refractivity contribution in [3.63, 3.8) is 0 Å². The van der Waals surface area contributed by atoms with Gasteiger partial charge in [0.25, 0.3) is 15.9 Å². The van der Waals surface area contributed by atoms with E-state index in [1.165, 1.54) is 23.8 Å². The quantitative estimate of drug-likeness (QED) is 0.595. The van der Waals surface area contributed by atoms with Gasteiger partial charge in [0.05, 0.1) is 16.3 Å². The summed E-state index contributed by atoms with van der Waals surface area (Å²) in [5.74, 6) is -0.236. The molecule has 1 heterocycles. The largest absolute Gasteiger partial charge is 0.334 e. The van der Waals surface area contributed by atoms with Crippen molar-refractivity contribution in [2.75, 3.05) is 11.3 Å². The lowest BCUT2D eigenvalue weighted by Crippen LogP contribution is -2.36. The van der Waals surface area contributed by atoms with E-state index < -0.39 is 10.0 Å². The number of hydrogen-bond donors (Lipinski definition) is 1. The van der Waals surface area contributed by atoms with Gasteiger partial charge in [0.2, 0.25) is 0 Å². The third-order valence-corrected chi connectivity index (χ3v) is 7.08. The first-order chi connectivity index (χ1) is 14.3. The molecule has 0 atom stereocenters. The van der Waals surface area contributed by atoms with Crippen LogP contribution in [0.3, 0.4) is 0 Å². The topological polar surface area (TPSA) is 66.5 Å². The van der Waals surface area contributed by atoms with Crippen LogP contribution in [-0.2, 0) is 23.0 Å². The number of sulfonamides is 1. The van der Waals surface area contributed by atoms with Crippen LogP contribution < -0.4 is 4.72 Å². The number of hydrogen-bond acceptors (Lipinski definition) is 3. The standard InChI is InChI=1S/C22H18Cl2N2O3S/c23-17-9-10-19(24)21(13-17)30(28,29)25-20-8-4-3-7-18(20)22(27)26-12-11-15-5-1-2-6-16(15)14-26/h1-10,13,25H,11-12,14H2. The molecule has 3 aromatic rings. The minimum Gasteiger partial charge on any atom is -0.334 e. The molecule has 0 aliphatic carbocycles. The maximum absolute atomic E-state index is 13.2. The molecule has 0 aromatic heterocycles. The van der Waals surface area contributed by atoms with Gasteiger partial charge in [-0.2, -0.15) is 0 Å². The van der Waals surface area contributed by atoms with Gasteiger partial charge in [-0.25, -0.2) is 8.42 Å². The lowest BCUT2D eigenvalue weighted by molar-refractivity contribution is 0.0736. The molecule has 1 aliphatic heterocycles. The van der Waals surface area contributed by atoms with Gasteiger partial charge in [-0.15, -0.1) is 0 Å². The highest BCUT2D eigenvalue weighted by molar-refractivity contribution is 7.92. The van der Waals surface area contributed by atoms with Gasteiger partial charge in [0.1, 0.15) is 4.90 Å². The summed E-state index contributed by atoms with van der Waals surface area (Å²) in [6.45, 7) is 1.05. The number of carbonyl (C=O) groups is 1. The third kappa shape index (κ3) is 4.17. The predicted octanol–water partition coefficient (Wildman–Crippen LogP) is 4.99. The normalized spacial score (nSPS) is 13.6. The molecule has 0 saturated carbocycles. The molecule has 0 unspecified atom stereocenters. The SMILES string of the molecule is O=C(c1ccccc1NS(=O)(=O)c1cc(Cl)ccc1Cl)N1CCc2ccccc2C1. The number of carbonyl (C=O) groups excluding carboxylic acids is 1. The second-order valence-electron chi connectivity index (χ2n) is 6.97. The van der Waals surface area contributed by atoms with Gasteiger partial charge in [-0.1, -0.05) is 59.6 Å². The average molecular weight is 461 g/mol. The van der Waals surface area contributed by atoms with E-state index in [0.29, 0.717) is 13.1 Å². The van der Waals surface area contributed by atoms with Crippen LogP contribution in [0.15, 0.2) is 71.6 Å². The highest BCUT2D eigenvalue weighted by atomic mass is 35.5. The van der Waals surface area contributed by atoms with Gasteiger partial charge in [0, 0.05) is 18.1 Å². The summed E-state index contributed by atoms with van der Waals surface area (Å²) < 4.78 is 28.3. The zero-order valence-corrected chi connectivity index (χ0v) is 18.1. The Morgan fingerprint density at radius 2 is 1.63 bits per heavy atom. The number of nitrogens with zero attached hydrogens (tertiary/aromatic N) is 1. The molecule has 0 radical (unpaired) electrons. The molecule has 8 heteroatoms. The lowest BCUT2D eigenvalue weighted by Gasteiger charge is -2.29. The number of nitrogens with one attached hydrogen (secondary N) is 1. The van der Waals surface area contributed by atoms with E-state index in [1.807, 2.05) is 18.2 Å². The molecule has 0 bridgehead atoms. The first-order valence-corrected chi connectivity index (χ1v) is 11.5.